The molecule has 0 N–H and O–H groups in total. The molecule has 1 aromatic heterocycles. The van der Waals surface area contributed by atoms with Crippen molar-refractivity contribution < 1.29 is 27.1 Å². The molecule has 34 heavy (non-hydrogen) atoms. The molecule has 0 unspecified atom stereocenters. The molecule has 0 saturated carbocycles. The molecule has 0 aliphatic carbocycles. The zero-order chi connectivity index (χ0) is 24.9. The number of carbonyl (C=O) groups excluding carboxylic acids is 1. The molecule has 0 aliphatic rings. The summed E-state index contributed by atoms with van der Waals surface area (Å²) >= 11 is 1.17. The molecule has 9 heteroatoms. The second kappa shape index (κ2) is 11.3. The lowest BCUT2D eigenvalue weighted by Gasteiger charge is -2.21. The second-order valence-electron chi connectivity index (χ2n) is 8.07. The average molecular weight is 508 g/mol. The van der Waals surface area contributed by atoms with Crippen molar-refractivity contribution in [1.82, 2.24) is 4.31 Å². The van der Waals surface area contributed by atoms with Crippen LogP contribution >= 0.6 is 11.3 Å². The number of aryl methyl sites for hydroxylation is 3. The Morgan fingerprint density at radius 2 is 1.88 bits per heavy atom. The van der Waals surface area contributed by atoms with Gasteiger partial charge in [0.25, 0.3) is 10.0 Å². The van der Waals surface area contributed by atoms with Gasteiger partial charge >= 0.3 is 5.97 Å². The quantitative estimate of drug-likeness (QED) is 0.332. The van der Waals surface area contributed by atoms with Crippen LogP contribution in [0.1, 0.15) is 36.5 Å². The lowest BCUT2D eigenvalue weighted by molar-refractivity contribution is -0.140. The van der Waals surface area contributed by atoms with E-state index in [1.165, 1.54) is 34.9 Å². The van der Waals surface area contributed by atoms with Crippen molar-refractivity contribution in [3.05, 3.63) is 58.9 Å². The van der Waals surface area contributed by atoms with Crippen molar-refractivity contribution in [2.45, 2.75) is 44.2 Å². The van der Waals surface area contributed by atoms with Crippen LogP contribution in [0.3, 0.4) is 0 Å². The van der Waals surface area contributed by atoms with Crippen molar-refractivity contribution in [1.29, 1.82) is 0 Å². The van der Waals surface area contributed by atoms with E-state index in [4.69, 9.17) is 4.74 Å². The number of nitrogens with zero attached hydrogens (tertiary/aromatic N) is 1. The van der Waals surface area contributed by atoms with Gasteiger partial charge in [0.05, 0.1) is 7.11 Å². The summed E-state index contributed by atoms with van der Waals surface area (Å²) in [7, 11) is -2.38. The Balaban J connectivity index is 1.70. The maximum Gasteiger partial charge on any atom is 0.305 e. The zero-order valence-corrected chi connectivity index (χ0v) is 21.5. The lowest BCUT2D eigenvalue weighted by Crippen LogP contribution is -2.35. The Hall–Kier alpha value is -2.49. The van der Waals surface area contributed by atoms with Gasteiger partial charge in [-0.15, -0.1) is 11.3 Å². The third-order valence-electron chi connectivity index (χ3n) is 5.65. The number of hydrogen-bond donors (Lipinski definition) is 0. The highest BCUT2D eigenvalue weighted by Crippen LogP contribution is 2.36. The number of benzene rings is 2. The third kappa shape index (κ3) is 5.95. The first-order valence-electron chi connectivity index (χ1n) is 11.1. The summed E-state index contributed by atoms with van der Waals surface area (Å²) in [5, 5.41) is 0.624. The minimum Gasteiger partial charge on any atom is -0.492 e. The number of rotatable bonds is 11. The van der Waals surface area contributed by atoms with Crippen LogP contribution in [-0.4, -0.2) is 45.5 Å². The van der Waals surface area contributed by atoms with Crippen LogP contribution in [0.4, 0.5) is 4.39 Å². The van der Waals surface area contributed by atoms with E-state index in [9.17, 15) is 17.6 Å². The zero-order valence-electron chi connectivity index (χ0n) is 19.9. The van der Waals surface area contributed by atoms with E-state index in [0.29, 0.717) is 42.5 Å². The highest BCUT2D eigenvalue weighted by Gasteiger charge is 2.28. The van der Waals surface area contributed by atoms with E-state index < -0.39 is 10.0 Å². The van der Waals surface area contributed by atoms with Crippen molar-refractivity contribution in [3.63, 3.8) is 0 Å². The topological polar surface area (TPSA) is 72.9 Å². The van der Waals surface area contributed by atoms with Crippen LogP contribution in [0.2, 0.25) is 0 Å². The van der Waals surface area contributed by atoms with Gasteiger partial charge in [0.2, 0.25) is 0 Å². The Bertz CT molecular complexity index is 1270. The number of ether oxygens (including phenoxy) is 2. The molecule has 0 amide bonds. The van der Waals surface area contributed by atoms with Gasteiger partial charge in [-0.2, -0.15) is 4.31 Å². The molecule has 0 fully saturated rings. The Morgan fingerprint density at radius 3 is 2.56 bits per heavy atom. The normalized spacial score (nSPS) is 11.8. The monoisotopic (exact) mass is 507 g/mol. The SMILES string of the molecule is CCCN(CCOc1ccc(CCC(=O)OC)c(C)c1)S(=O)(=O)c1sc2ccc(F)cc2c1C. The van der Waals surface area contributed by atoms with E-state index in [1.54, 1.807) is 13.0 Å². The van der Waals surface area contributed by atoms with Gasteiger partial charge in [-0.1, -0.05) is 13.0 Å². The van der Waals surface area contributed by atoms with Gasteiger partial charge in [0, 0.05) is 24.2 Å². The molecule has 0 atom stereocenters. The summed E-state index contributed by atoms with van der Waals surface area (Å²) in [5.74, 6) is 0.000382. The lowest BCUT2D eigenvalue weighted by atomic mass is 10.0. The number of sulfonamides is 1. The maximum atomic E-state index is 13.7. The second-order valence-corrected chi connectivity index (χ2v) is 11.3. The van der Waals surface area contributed by atoms with E-state index in [-0.39, 0.29) is 29.1 Å². The molecule has 3 aromatic rings. The molecule has 6 nitrogen and oxygen atoms in total. The van der Waals surface area contributed by atoms with Crippen molar-refractivity contribution in [2.75, 3.05) is 26.8 Å². The number of thiophene rings is 1. The molecule has 0 bridgehead atoms. The minimum atomic E-state index is -3.75. The Morgan fingerprint density at radius 1 is 1.12 bits per heavy atom. The molecular weight excluding hydrogens is 477 g/mol. The molecule has 2 aromatic carbocycles. The van der Waals surface area contributed by atoms with Crippen molar-refractivity contribution in [3.8, 4) is 5.75 Å². The fourth-order valence-corrected chi connectivity index (χ4v) is 7.18. The summed E-state index contributed by atoms with van der Waals surface area (Å²) in [4.78, 5) is 11.4. The van der Waals surface area contributed by atoms with E-state index in [2.05, 4.69) is 4.74 Å². The van der Waals surface area contributed by atoms with Gasteiger partial charge in [-0.05, 0) is 79.1 Å². The standard InChI is InChI=1S/C25H30FNO5S2/c1-5-12-27(34(29,30)25-18(3)22-16-20(26)8-10-23(22)33-25)13-14-32-21-9-6-19(17(2)15-21)7-11-24(28)31-4/h6,8-10,15-16H,5,7,11-14H2,1-4H3. The van der Waals surface area contributed by atoms with E-state index in [0.717, 1.165) is 15.8 Å². The summed E-state index contributed by atoms with van der Waals surface area (Å²) in [6.45, 7) is 6.34. The van der Waals surface area contributed by atoms with Crippen LogP contribution in [0.5, 0.6) is 5.75 Å². The Kier molecular flexibility index (Phi) is 8.67. The smallest absolute Gasteiger partial charge is 0.305 e. The molecule has 0 spiro atoms. The van der Waals surface area contributed by atoms with E-state index >= 15 is 0 Å². The van der Waals surface area contributed by atoms with Crippen LogP contribution in [0.25, 0.3) is 10.1 Å². The van der Waals surface area contributed by atoms with Crippen LogP contribution in [0, 0.1) is 19.7 Å². The van der Waals surface area contributed by atoms with Gasteiger partial charge < -0.3 is 9.47 Å². The number of halogens is 1. The molecule has 0 saturated heterocycles. The molecule has 0 radical (unpaired) electrons. The van der Waals surface area contributed by atoms with Crippen molar-refractivity contribution >= 4 is 37.4 Å². The highest BCUT2D eigenvalue weighted by atomic mass is 32.2. The number of esters is 1. The molecule has 184 valence electrons. The van der Waals surface area contributed by atoms with Gasteiger partial charge in [0.1, 0.15) is 22.4 Å². The number of carbonyl (C=O) groups is 1. The minimum absolute atomic E-state index is 0.193. The van der Waals surface area contributed by atoms with Crippen molar-refractivity contribution in [2.24, 2.45) is 0 Å². The first kappa shape index (κ1) is 26.1. The molecule has 1 heterocycles. The van der Waals surface area contributed by atoms with Crippen LogP contribution in [0.15, 0.2) is 40.6 Å². The van der Waals surface area contributed by atoms with Gasteiger partial charge in [0.15, 0.2) is 0 Å². The van der Waals surface area contributed by atoms with E-state index in [1.807, 2.05) is 32.0 Å². The maximum absolute atomic E-state index is 13.7. The van der Waals surface area contributed by atoms with Gasteiger partial charge in [-0.25, -0.2) is 12.8 Å². The molecule has 3 rings (SSSR count). The molecular formula is C25H30FNO5S2. The number of hydrogen-bond acceptors (Lipinski definition) is 6. The summed E-state index contributed by atoms with van der Waals surface area (Å²) < 4.78 is 53.5. The summed E-state index contributed by atoms with van der Waals surface area (Å²) in [6.07, 6.45) is 1.55. The largest absolute Gasteiger partial charge is 0.492 e. The fourth-order valence-electron chi connectivity index (χ4n) is 3.78. The van der Waals surface area contributed by atoms with Crippen LogP contribution in [-0.2, 0) is 26.0 Å². The number of methoxy groups -OCH3 is 1. The fraction of sp³-hybridized carbons (Fsp3) is 0.400. The van der Waals surface area contributed by atoms with Crippen LogP contribution < -0.4 is 4.74 Å². The molecule has 0 aliphatic heterocycles. The average Bonchev–Trinajstić information content (AvgIpc) is 3.14. The first-order valence-corrected chi connectivity index (χ1v) is 13.4. The predicted molar refractivity (Wildman–Crippen MR) is 133 cm³/mol. The first-order chi connectivity index (χ1) is 16.2. The summed E-state index contributed by atoms with van der Waals surface area (Å²) in [5.41, 5.74) is 2.59. The van der Waals surface area contributed by atoms with Gasteiger partial charge in [-0.3, -0.25) is 4.79 Å². The number of fused-ring (bicyclic) bond motifs is 1. The Labute approximate surface area is 204 Å². The highest BCUT2D eigenvalue weighted by molar-refractivity contribution is 7.91. The summed E-state index contributed by atoms with van der Waals surface area (Å²) in [6, 6.07) is 9.96. The third-order valence-corrected chi connectivity index (χ3v) is 9.42. The predicted octanol–water partition coefficient (Wildman–Crippen LogP) is 5.24.